The lowest BCUT2D eigenvalue weighted by atomic mass is 9.81. The summed E-state index contributed by atoms with van der Waals surface area (Å²) in [5.74, 6) is 2.20. The second-order valence-electron chi connectivity index (χ2n) is 8.29. The molecule has 1 saturated carbocycles. The van der Waals surface area contributed by atoms with Gasteiger partial charge in [0.1, 0.15) is 18.0 Å². The third kappa shape index (κ3) is 4.12. The van der Waals surface area contributed by atoms with E-state index in [1.54, 1.807) is 11.0 Å². The fraction of sp³-hybridized carbons (Fsp3) is 0.478. The average molecular weight is 419 g/mol. The number of furan rings is 1. The van der Waals surface area contributed by atoms with Crippen LogP contribution in [0.2, 0.25) is 0 Å². The lowest BCUT2D eigenvalue weighted by molar-refractivity contribution is -0.134. The molecule has 2 aromatic rings. The van der Waals surface area contributed by atoms with E-state index in [2.05, 4.69) is 22.3 Å². The lowest BCUT2D eigenvalue weighted by Crippen LogP contribution is -2.50. The Morgan fingerprint density at radius 3 is 2.81 bits per heavy atom. The van der Waals surface area contributed by atoms with Gasteiger partial charge in [0.15, 0.2) is 5.58 Å². The molecule has 8 nitrogen and oxygen atoms in total. The first-order valence-electron chi connectivity index (χ1n) is 10.6. The summed E-state index contributed by atoms with van der Waals surface area (Å²) < 4.78 is 5.33. The minimum absolute atomic E-state index is 0.00125. The van der Waals surface area contributed by atoms with Crippen molar-refractivity contribution in [1.82, 2.24) is 15.2 Å². The fourth-order valence-corrected chi connectivity index (χ4v) is 4.61. The molecule has 3 N–H and O–H groups in total. The molecule has 1 aliphatic carbocycles. The first kappa shape index (κ1) is 20.9. The molecule has 31 heavy (non-hydrogen) atoms. The van der Waals surface area contributed by atoms with Gasteiger partial charge in [-0.25, -0.2) is 4.98 Å². The largest absolute Gasteiger partial charge is 0.461 e. The van der Waals surface area contributed by atoms with Gasteiger partial charge >= 0.3 is 0 Å². The Labute approximate surface area is 180 Å². The standard InChI is InChI=1S/C23H25N5O3/c1-2-14-13-31-20-12-26-19(10-18(14)20)22(29)27-16-7-5-15(6-8-16)21(25)23(30)28-9-3-4-17(28)11-24/h1,10,12-13,15-17,21H,3-9,25H2,(H,27,29). The summed E-state index contributed by atoms with van der Waals surface area (Å²) in [6.45, 7) is 0.603. The van der Waals surface area contributed by atoms with Crippen LogP contribution in [0, 0.1) is 29.6 Å². The molecule has 1 aliphatic heterocycles. The van der Waals surface area contributed by atoms with Crippen molar-refractivity contribution in [2.24, 2.45) is 11.7 Å². The fourth-order valence-electron chi connectivity index (χ4n) is 4.61. The average Bonchev–Trinajstić information content (AvgIpc) is 3.44. The number of hydrogen-bond donors (Lipinski definition) is 2. The van der Waals surface area contributed by atoms with Crippen molar-refractivity contribution in [2.45, 2.75) is 56.7 Å². The van der Waals surface area contributed by atoms with Crippen molar-refractivity contribution < 1.29 is 14.0 Å². The number of carbonyl (C=O) groups excluding carboxylic acids is 2. The molecule has 0 radical (unpaired) electrons. The topological polar surface area (TPSA) is 125 Å². The Bertz CT molecular complexity index is 1070. The minimum atomic E-state index is -0.599. The van der Waals surface area contributed by atoms with E-state index in [0.717, 1.165) is 38.5 Å². The van der Waals surface area contributed by atoms with E-state index < -0.39 is 6.04 Å². The van der Waals surface area contributed by atoms with Gasteiger partial charge in [0, 0.05) is 18.0 Å². The number of fused-ring (bicyclic) bond motifs is 1. The van der Waals surface area contributed by atoms with Crippen molar-refractivity contribution in [2.75, 3.05) is 6.54 Å². The summed E-state index contributed by atoms with van der Waals surface area (Å²) in [6.07, 6.45) is 13.0. The Morgan fingerprint density at radius 2 is 2.10 bits per heavy atom. The highest BCUT2D eigenvalue weighted by atomic mass is 16.3. The molecule has 2 atom stereocenters. The van der Waals surface area contributed by atoms with Crippen LogP contribution in [0.15, 0.2) is 22.9 Å². The number of nitrogens with one attached hydrogen (secondary N) is 1. The Kier molecular flexibility index (Phi) is 5.92. The highest BCUT2D eigenvalue weighted by Gasteiger charge is 2.36. The molecular formula is C23H25N5O3. The maximum atomic E-state index is 12.7. The molecule has 2 amide bonds. The van der Waals surface area contributed by atoms with Gasteiger partial charge in [0.2, 0.25) is 5.91 Å². The highest BCUT2D eigenvalue weighted by molar-refractivity contribution is 5.96. The SMILES string of the molecule is C#Cc1coc2cnc(C(=O)NC3CCC(C(N)C(=O)N4CCCC4C#N)CC3)cc12. The maximum Gasteiger partial charge on any atom is 0.270 e. The molecule has 4 rings (SSSR count). The lowest BCUT2D eigenvalue weighted by Gasteiger charge is -2.34. The minimum Gasteiger partial charge on any atom is -0.461 e. The molecule has 8 heteroatoms. The van der Waals surface area contributed by atoms with Crippen molar-refractivity contribution in [1.29, 1.82) is 5.26 Å². The van der Waals surface area contributed by atoms with Gasteiger partial charge in [0.25, 0.3) is 5.91 Å². The zero-order valence-electron chi connectivity index (χ0n) is 17.2. The van der Waals surface area contributed by atoms with E-state index in [4.69, 9.17) is 16.6 Å². The second-order valence-corrected chi connectivity index (χ2v) is 8.29. The van der Waals surface area contributed by atoms with E-state index in [0.29, 0.717) is 23.1 Å². The Morgan fingerprint density at radius 1 is 1.32 bits per heavy atom. The summed E-state index contributed by atoms with van der Waals surface area (Å²) >= 11 is 0. The number of terminal acetylenes is 1. The molecule has 0 bridgehead atoms. The number of pyridine rings is 1. The molecule has 3 heterocycles. The van der Waals surface area contributed by atoms with Gasteiger partial charge in [-0.05, 0) is 50.5 Å². The van der Waals surface area contributed by atoms with Crippen LogP contribution in [0.25, 0.3) is 11.0 Å². The maximum absolute atomic E-state index is 12.7. The molecule has 0 spiro atoms. The molecule has 1 saturated heterocycles. The molecule has 2 unspecified atom stereocenters. The quantitative estimate of drug-likeness (QED) is 0.730. The summed E-state index contributed by atoms with van der Waals surface area (Å²) in [7, 11) is 0. The number of aromatic nitrogens is 1. The zero-order valence-corrected chi connectivity index (χ0v) is 17.2. The number of likely N-dealkylation sites (tertiary alicyclic amines) is 1. The van der Waals surface area contributed by atoms with Gasteiger partial charge in [-0.2, -0.15) is 5.26 Å². The van der Waals surface area contributed by atoms with Crippen molar-refractivity contribution in [3.63, 3.8) is 0 Å². The third-order valence-corrected chi connectivity index (χ3v) is 6.43. The monoisotopic (exact) mass is 419 g/mol. The second kappa shape index (κ2) is 8.79. The van der Waals surface area contributed by atoms with Gasteiger partial charge in [-0.1, -0.05) is 5.92 Å². The van der Waals surface area contributed by atoms with Crippen LogP contribution in [0.5, 0.6) is 0 Å². The van der Waals surface area contributed by atoms with E-state index >= 15 is 0 Å². The predicted octanol–water partition coefficient (Wildman–Crippen LogP) is 1.94. The first-order valence-corrected chi connectivity index (χ1v) is 10.6. The van der Waals surface area contributed by atoms with E-state index in [1.807, 2.05) is 0 Å². The van der Waals surface area contributed by atoms with E-state index in [-0.39, 0.29) is 35.5 Å². The summed E-state index contributed by atoms with van der Waals surface area (Å²) in [6, 6.07) is 2.88. The predicted molar refractivity (Wildman–Crippen MR) is 113 cm³/mol. The van der Waals surface area contributed by atoms with Crippen LogP contribution in [0.4, 0.5) is 0 Å². The number of nitrogens with two attached hydrogens (primary N) is 1. The van der Waals surface area contributed by atoms with Gasteiger partial charge in [0.05, 0.1) is 23.9 Å². The van der Waals surface area contributed by atoms with Crippen LogP contribution in [0.1, 0.15) is 54.6 Å². The normalized spacial score (nSPS) is 24.4. The van der Waals surface area contributed by atoms with Crippen LogP contribution in [0.3, 0.4) is 0 Å². The van der Waals surface area contributed by atoms with E-state index in [9.17, 15) is 14.9 Å². The van der Waals surface area contributed by atoms with Gasteiger partial charge in [-0.3, -0.25) is 9.59 Å². The summed E-state index contributed by atoms with van der Waals surface area (Å²) in [4.78, 5) is 31.2. The highest BCUT2D eigenvalue weighted by Crippen LogP contribution is 2.29. The number of nitrogens with zero attached hydrogens (tertiary/aromatic N) is 3. The molecule has 2 aromatic heterocycles. The third-order valence-electron chi connectivity index (χ3n) is 6.43. The summed E-state index contributed by atoms with van der Waals surface area (Å²) in [5, 5.41) is 12.9. The van der Waals surface area contributed by atoms with E-state index in [1.165, 1.54) is 12.5 Å². The zero-order chi connectivity index (χ0) is 22.0. The van der Waals surface area contributed by atoms with Crippen molar-refractivity contribution in [3.8, 4) is 18.4 Å². The molecule has 2 fully saturated rings. The number of hydrogen-bond acceptors (Lipinski definition) is 6. The number of nitriles is 1. The molecule has 0 aromatic carbocycles. The van der Waals surface area contributed by atoms with Crippen LogP contribution >= 0.6 is 0 Å². The smallest absolute Gasteiger partial charge is 0.270 e. The Balaban J connectivity index is 1.33. The van der Waals surface area contributed by atoms with Crippen LogP contribution < -0.4 is 11.1 Å². The van der Waals surface area contributed by atoms with Crippen LogP contribution in [-0.2, 0) is 4.79 Å². The number of rotatable bonds is 4. The van der Waals surface area contributed by atoms with Crippen LogP contribution in [-0.4, -0.2) is 46.4 Å². The molecule has 160 valence electrons. The van der Waals surface area contributed by atoms with Crippen molar-refractivity contribution in [3.05, 3.63) is 29.8 Å². The van der Waals surface area contributed by atoms with Gasteiger partial charge < -0.3 is 20.4 Å². The molecule has 2 aliphatic rings. The van der Waals surface area contributed by atoms with Gasteiger partial charge in [-0.15, -0.1) is 6.42 Å². The number of amides is 2. The summed E-state index contributed by atoms with van der Waals surface area (Å²) in [5.41, 5.74) is 7.69. The first-order chi connectivity index (χ1) is 15.0. The molecular weight excluding hydrogens is 394 g/mol. The Hall–Kier alpha value is -3.36. The number of carbonyl (C=O) groups is 2. The van der Waals surface area contributed by atoms with Crippen molar-refractivity contribution >= 4 is 22.8 Å².